The molecule has 8 heteroatoms. The van der Waals surface area contributed by atoms with Gasteiger partial charge >= 0.3 is 12.4 Å². The minimum atomic E-state index is -4.95. The number of ketones is 1. The summed E-state index contributed by atoms with van der Waals surface area (Å²) in [5, 5.41) is 0. The van der Waals surface area contributed by atoms with Crippen LogP contribution in [0.25, 0.3) is 0 Å². The number of carbonyl (C=O) groups excluding carboxylic acids is 1. The molecule has 0 radical (unpaired) electrons. The lowest BCUT2D eigenvalue weighted by molar-refractivity contribution is -0.143. The van der Waals surface area contributed by atoms with Gasteiger partial charge in [0.15, 0.2) is 5.78 Å². The molecular formula is C12H11F6NO. The molecule has 1 aromatic carbocycles. The Hall–Kier alpha value is -1.57. The number of benzene rings is 1. The van der Waals surface area contributed by atoms with Crippen LogP contribution < -0.4 is 0 Å². The number of nitrogens with zero attached hydrogens (tertiary/aromatic N) is 1. The van der Waals surface area contributed by atoms with Crippen LogP contribution in [0.15, 0.2) is 18.2 Å². The first-order valence-electron chi connectivity index (χ1n) is 5.38. The molecule has 0 spiro atoms. The molecule has 0 aliphatic rings. The van der Waals surface area contributed by atoms with Crippen LogP contribution >= 0.6 is 0 Å². The van der Waals surface area contributed by atoms with Crippen LogP contribution in [0.3, 0.4) is 0 Å². The van der Waals surface area contributed by atoms with Gasteiger partial charge in [0.2, 0.25) is 0 Å². The van der Waals surface area contributed by atoms with E-state index in [1.807, 2.05) is 0 Å². The fourth-order valence-corrected chi connectivity index (χ4v) is 1.49. The topological polar surface area (TPSA) is 20.3 Å². The van der Waals surface area contributed by atoms with Crippen LogP contribution in [0.2, 0.25) is 0 Å². The Kier molecular flexibility index (Phi) is 4.48. The van der Waals surface area contributed by atoms with Crippen molar-refractivity contribution in [3.63, 3.8) is 0 Å². The Balaban J connectivity index is 3.35. The van der Waals surface area contributed by atoms with Crippen molar-refractivity contribution in [1.29, 1.82) is 0 Å². The predicted molar refractivity (Wildman–Crippen MR) is 59.3 cm³/mol. The maximum absolute atomic E-state index is 12.6. The first-order valence-corrected chi connectivity index (χ1v) is 5.38. The van der Waals surface area contributed by atoms with Crippen molar-refractivity contribution < 1.29 is 31.1 Å². The van der Waals surface area contributed by atoms with Gasteiger partial charge in [0.25, 0.3) is 0 Å². The van der Waals surface area contributed by atoms with Crippen LogP contribution in [-0.2, 0) is 12.4 Å². The number of hydrogen-bond donors (Lipinski definition) is 0. The van der Waals surface area contributed by atoms with Gasteiger partial charge in [0.1, 0.15) is 0 Å². The standard InChI is InChI=1S/C12H11F6NO/c1-19(2)6-10(20)7-3-8(11(13,14)15)5-9(4-7)12(16,17)18/h3-5H,6H2,1-2H3. The number of hydrogen-bond acceptors (Lipinski definition) is 2. The Morgan fingerprint density at radius 2 is 1.35 bits per heavy atom. The fraction of sp³-hybridized carbons (Fsp3) is 0.417. The highest BCUT2D eigenvalue weighted by Gasteiger charge is 2.37. The summed E-state index contributed by atoms with van der Waals surface area (Å²) in [4.78, 5) is 13.0. The summed E-state index contributed by atoms with van der Waals surface area (Å²) in [6.45, 7) is -0.279. The van der Waals surface area contributed by atoms with E-state index in [1.165, 1.54) is 19.0 Å². The zero-order valence-corrected chi connectivity index (χ0v) is 10.6. The first kappa shape index (κ1) is 16.5. The van der Waals surface area contributed by atoms with Gasteiger partial charge in [-0.1, -0.05) is 0 Å². The molecule has 0 amide bonds. The summed E-state index contributed by atoms with van der Waals surface area (Å²) in [5.41, 5.74) is -3.59. The van der Waals surface area contributed by atoms with Crippen LogP contribution in [0.5, 0.6) is 0 Å². The maximum atomic E-state index is 12.6. The minimum absolute atomic E-state index is 0.00750. The third-order valence-electron chi connectivity index (χ3n) is 2.37. The van der Waals surface area contributed by atoms with Gasteiger partial charge in [-0.3, -0.25) is 4.79 Å². The molecule has 112 valence electrons. The van der Waals surface area contributed by atoms with E-state index in [1.54, 1.807) is 0 Å². The van der Waals surface area contributed by atoms with E-state index in [0.717, 1.165) is 0 Å². The number of carbonyl (C=O) groups is 1. The van der Waals surface area contributed by atoms with Gasteiger partial charge in [-0.05, 0) is 32.3 Å². The second-order valence-corrected chi connectivity index (χ2v) is 4.46. The summed E-state index contributed by atoms with van der Waals surface area (Å²) in [7, 11) is 2.96. The van der Waals surface area contributed by atoms with Gasteiger partial charge in [-0.2, -0.15) is 26.3 Å². The number of halogens is 6. The zero-order valence-electron chi connectivity index (χ0n) is 10.6. The van der Waals surface area contributed by atoms with Crippen LogP contribution in [0, 0.1) is 0 Å². The molecule has 2 nitrogen and oxygen atoms in total. The summed E-state index contributed by atoms with van der Waals surface area (Å²) >= 11 is 0. The van der Waals surface area contributed by atoms with Crippen molar-refractivity contribution >= 4 is 5.78 Å². The average molecular weight is 299 g/mol. The summed E-state index contributed by atoms with van der Waals surface area (Å²) in [6.07, 6.45) is -9.90. The van der Waals surface area contributed by atoms with Gasteiger partial charge in [0.05, 0.1) is 17.7 Å². The highest BCUT2D eigenvalue weighted by atomic mass is 19.4. The smallest absolute Gasteiger partial charge is 0.302 e. The quantitative estimate of drug-likeness (QED) is 0.629. The normalized spacial score (nSPS) is 12.8. The summed E-state index contributed by atoms with van der Waals surface area (Å²) in [6, 6.07) is 0.856. The van der Waals surface area contributed by atoms with E-state index < -0.39 is 34.8 Å². The molecule has 0 fully saturated rings. The summed E-state index contributed by atoms with van der Waals surface area (Å²) in [5.74, 6) is -0.813. The molecule has 1 rings (SSSR count). The van der Waals surface area contributed by atoms with E-state index >= 15 is 0 Å². The molecule has 0 aromatic heterocycles. The number of alkyl halides is 6. The molecule has 1 aromatic rings. The molecule has 0 saturated carbocycles. The lowest BCUT2D eigenvalue weighted by Crippen LogP contribution is -2.23. The number of likely N-dealkylation sites (N-methyl/N-ethyl adjacent to an activating group) is 1. The van der Waals surface area contributed by atoms with Gasteiger partial charge in [0, 0.05) is 5.56 Å². The number of Topliss-reactive ketones (excluding diaryl/α,β-unsaturated/α-hetero) is 1. The molecule has 20 heavy (non-hydrogen) atoms. The first-order chi connectivity index (χ1) is 8.91. The lowest BCUT2D eigenvalue weighted by Gasteiger charge is -2.15. The molecule has 0 aliphatic carbocycles. The fourth-order valence-electron chi connectivity index (χ4n) is 1.49. The lowest BCUT2D eigenvalue weighted by atomic mass is 10.0. The Morgan fingerprint density at radius 1 is 0.950 bits per heavy atom. The number of rotatable bonds is 3. The minimum Gasteiger partial charge on any atom is -0.302 e. The van der Waals surface area contributed by atoms with Gasteiger partial charge < -0.3 is 4.90 Å². The Labute approximate surface area is 111 Å². The van der Waals surface area contributed by atoms with Crippen molar-refractivity contribution in [3.05, 3.63) is 34.9 Å². The molecule has 0 saturated heterocycles. The Morgan fingerprint density at radius 3 is 1.65 bits per heavy atom. The molecule has 0 N–H and O–H groups in total. The van der Waals surface area contributed by atoms with E-state index in [9.17, 15) is 31.1 Å². The third-order valence-corrected chi connectivity index (χ3v) is 2.37. The second kappa shape index (κ2) is 5.43. The maximum Gasteiger partial charge on any atom is 0.416 e. The van der Waals surface area contributed by atoms with E-state index in [2.05, 4.69) is 0 Å². The Bertz CT molecular complexity index is 471. The van der Waals surface area contributed by atoms with Crippen molar-refractivity contribution in [2.45, 2.75) is 12.4 Å². The monoisotopic (exact) mass is 299 g/mol. The molecular weight excluding hydrogens is 288 g/mol. The average Bonchev–Trinajstić information content (AvgIpc) is 2.25. The summed E-state index contributed by atoms with van der Waals surface area (Å²) < 4.78 is 75.4. The molecule has 0 heterocycles. The van der Waals surface area contributed by atoms with Crippen LogP contribution in [-0.4, -0.2) is 31.3 Å². The molecule has 0 unspecified atom stereocenters. The molecule has 0 aliphatic heterocycles. The van der Waals surface area contributed by atoms with Crippen molar-refractivity contribution in [2.75, 3.05) is 20.6 Å². The largest absolute Gasteiger partial charge is 0.416 e. The third kappa shape index (κ3) is 4.22. The molecule has 0 atom stereocenters. The van der Waals surface area contributed by atoms with Crippen molar-refractivity contribution in [2.24, 2.45) is 0 Å². The van der Waals surface area contributed by atoms with Crippen molar-refractivity contribution in [3.8, 4) is 0 Å². The van der Waals surface area contributed by atoms with E-state index in [-0.39, 0.29) is 12.6 Å². The highest BCUT2D eigenvalue weighted by Crippen LogP contribution is 2.36. The molecule has 0 bridgehead atoms. The van der Waals surface area contributed by atoms with Crippen molar-refractivity contribution in [1.82, 2.24) is 4.90 Å². The van der Waals surface area contributed by atoms with Crippen LogP contribution in [0.4, 0.5) is 26.3 Å². The van der Waals surface area contributed by atoms with E-state index in [4.69, 9.17) is 0 Å². The second-order valence-electron chi connectivity index (χ2n) is 4.46. The van der Waals surface area contributed by atoms with Gasteiger partial charge in [-0.15, -0.1) is 0 Å². The van der Waals surface area contributed by atoms with Crippen LogP contribution in [0.1, 0.15) is 21.5 Å². The zero-order chi connectivity index (χ0) is 15.7. The van der Waals surface area contributed by atoms with E-state index in [0.29, 0.717) is 12.1 Å². The SMILES string of the molecule is CN(C)CC(=O)c1cc(C(F)(F)F)cc(C(F)(F)F)c1. The predicted octanol–water partition coefficient (Wildman–Crippen LogP) is 3.47. The van der Waals surface area contributed by atoms with Gasteiger partial charge in [-0.25, -0.2) is 0 Å². The highest BCUT2D eigenvalue weighted by molar-refractivity contribution is 5.98.